The Morgan fingerprint density at radius 2 is 2.09 bits per heavy atom. The molecule has 3 aromatic rings. The number of anilines is 1. The van der Waals surface area contributed by atoms with Crippen LogP contribution < -0.4 is 15.1 Å². The third kappa shape index (κ3) is 3.95. The number of carbonyl (C=O) groups is 1. The maximum absolute atomic E-state index is 15.6. The fraction of sp³-hybridized carbons (Fsp3) is 0.480. The van der Waals surface area contributed by atoms with Crippen molar-refractivity contribution < 1.29 is 23.4 Å². The summed E-state index contributed by atoms with van der Waals surface area (Å²) >= 11 is 0. The van der Waals surface area contributed by atoms with Crippen LogP contribution in [-0.2, 0) is 0 Å². The molecule has 1 saturated heterocycles. The van der Waals surface area contributed by atoms with Crippen molar-refractivity contribution in [2.24, 2.45) is 5.92 Å². The van der Waals surface area contributed by atoms with Gasteiger partial charge in [-0.25, -0.2) is 14.2 Å². The summed E-state index contributed by atoms with van der Waals surface area (Å²) in [5.74, 6) is -0.173. The van der Waals surface area contributed by atoms with Crippen LogP contribution >= 0.6 is 0 Å². The number of aryl methyl sites for hydroxylation is 1. The zero-order valence-corrected chi connectivity index (χ0v) is 20.2. The largest absolute Gasteiger partial charge is 0.492 e. The van der Waals surface area contributed by atoms with Crippen molar-refractivity contribution in [3.05, 3.63) is 51.7 Å². The van der Waals surface area contributed by atoms with Crippen LogP contribution in [0, 0.1) is 18.7 Å². The Morgan fingerprint density at radius 1 is 1.34 bits per heavy atom. The minimum absolute atomic E-state index is 0.0204. The van der Waals surface area contributed by atoms with Crippen molar-refractivity contribution in [2.45, 2.75) is 38.3 Å². The van der Waals surface area contributed by atoms with E-state index in [4.69, 9.17) is 9.15 Å². The summed E-state index contributed by atoms with van der Waals surface area (Å²) in [5, 5.41) is 9.55. The normalized spacial score (nSPS) is 19.0. The van der Waals surface area contributed by atoms with Crippen LogP contribution in [0.1, 0.15) is 53.4 Å². The molecular formula is C25H29FN4O5. The van der Waals surface area contributed by atoms with Crippen molar-refractivity contribution in [1.29, 1.82) is 0 Å². The molecule has 9 nitrogen and oxygen atoms in total. The van der Waals surface area contributed by atoms with Gasteiger partial charge in [0.2, 0.25) is 11.3 Å². The molecule has 0 radical (unpaired) electrons. The number of pyridine rings is 1. The molecule has 35 heavy (non-hydrogen) atoms. The molecule has 1 aliphatic carbocycles. The zero-order chi connectivity index (χ0) is 25.0. The highest BCUT2D eigenvalue weighted by Crippen LogP contribution is 2.45. The predicted molar refractivity (Wildman–Crippen MR) is 128 cm³/mol. The summed E-state index contributed by atoms with van der Waals surface area (Å²) in [4.78, 5) is 33.1. The Balaban J connectivity index is 1.60. The molecule has 1 aliphatic heterocycles. The topological polar surface area (TPSA) is 101 Å². The number of aromatic nitrogens is 2. The molecule has 0 bridgehead atoms. The van der Waals surface area contributed by atoms with Gasteiger partial charge in [0.25, 0.3) is 0 Å². The number of hydrogen-bond acceptors (Lipinski definition) is 7. The average molecular weight is 485 g/mol. The first-order chi connectivity index (χ1) is 16.7. The second-order valence-corrected chi connectivity index (χ2v) is 9.66. The third-order valence-electron chi connectivity index (χ3n) is 7.01. The third-order valence-corrected chi connectivity index (χ3v) is 7.01. The minimum Gasteiger partial charge on any atom is -0.492 e. The van der Waals surface area contributed by atoms with E-state index in [1.54, 1.807) is 10.8 Å². The van der Waals surface area contributed by atoms with Crippen LogP contribution in [0.3, 0.4) is 0 Å². The summed E-state index contributed by atoms with van der Waals surface area (Å²) in [5.41, 5.74) is -0.341. The lowest BCUT2D eigenvalue weighted by Crippen LogP contribution is -2.30. The Labute approximate surface area is 201 Å². The van der Waals surface area contributed by atoms with Crippen molar-refractivity contribution in [2.75, 3.05) is 39.2 Å². The zero-order valence-electron chi connectivity index (χ0n) is 20.2. The molecule has 10 heteroatoms. The first-order valence-electron chi connectivity index (χ1n) is 11.7. The van der Waals surface area contributed by atoms with Crippen molar-refractivity contribution in [3.8, 4) is 5.75 Å². The molecule has 3 heterocycles. The number of rotatable bonds is 7. The first kappa shape index (κ1) is 23.3. The van der Waals surface area contributed by atoms with E-state index in [0.29, 0.717) is 30.2 Å². The number of methoxy groups -OCH3 is 1. The Morgan fingerprint density at radius 3 is 2.66 bits per heavy atom. The second-order valence-electron chi connectivity index (χ2n) is 9.66. The number of nitrogens with zero attached hydrogens (tertiary/aromatic N) is 4. The number of hydrogen-bond donors (Lipinski definition) is 1. The van der Waals surface area contributed by atoms with Crippen LogP contribution in [0.15, 0.2) is 27.7 Å². The molecule has 2 fully saturated rings. The van der Waals surface area contributed by atoms with Gasteiger partial charge < -0.3 is 23.7 Å². The van der Waals surface area contributed by atoms with Crippen LogP contribution in [0.25, 0.3) is 10.9 Å². The van der Waals surface area contributed by atoms with Crippen LogP contribution in [0.4, 0.5) is 10.1 Å². The van der Waals surface area contributed by atoms with E-state index in [0.717, 1.165) is 31.1 Å². The Hall–Kier alpha value is -3.40. The molecule has 0 spiro atoms. The van der Waals surface area contributed by atoms with Crippen LogP contribution in [-0.4, -0.2) is 59.8 Å². The molecule has 1 N–H and O–H groups in total. The highest BCUT2D eigenvalue weighted by molar-refractivity contribution is 5.97. The van der Waals surface area contributed by atoms with Gasteiger partial charge in [-0.15, -0.1) is 0 Å². The van der Waals surface area contributed by atoms with Crippen molar-refractivity contribution in [1.82, 2.24) is 14.5 Å². The van der Waals surface area contributed by atoms with E-state index in [-0.39, 0.29) is 34.7 Å². The Bertz CT molecular complexity index is 1360. The van der Waals surface area contributed by atoms with Crippen molar-refractivity contribution >= 4 is 22.6 Å². The van der Waals surface area contributed by atoms with Gasteiger partial charge in [-0.1, -0.05) is 0 Å². The molecule has 2 aromatic heterocycles. The minimum atomic E-state index is -1.33. The molecule has 0 amide bonds. The van der Waals surface area contributed by atoms with Crippen LogP contribution in [0.5, 0.6) is 5.75 Å². The monoisotopic (exact) mass is 484 g/mol. The standard InChI is InChI=1S/C25H29FN4O5/c1-13-10-27-24(35-13)19(28(2)3)14-7-8-29(11-14)21-18(26)9-16-20(23(21)34-4)30(15-5-6-15)12-17(22(16)31)25(32)33/h9-10,12,14-15,19H,5-8,11H2,1-4H3,(H,32,33). The van der Waals surface area contributed by atoms with Gasteiger partial charge in [0, 0.05) is 31.2 Å². The van der Waals surface area contributed by atoms with Gasteiger partial charge in [-0.05, 0) is 46.3 Å². The van der Waals surface area contributed by atoms with E-state index < -0.39 is 17.2 Å². The molecule has 1 aromatic carbocycles. The van der Waals surface area contributed by atoms with E-state index in [1.807, 2.05) is 25.9 Å². The first-order valence-corrected chi connectivity index (χ1v) is 11.7. The second kappa shape index (κ2) is 8.67. The highest BCUT2D eigenvalue weighted by atomic mass is 19.1. The summed E-state index contributed by atoms with van der Waals surface area (Å²) in [6.07, 6.45) is 5.58. The van der Waals surface area contributed by atoms with Gasteiger partial charge in [0.15, 0.2) is 11.6 Å². The summed E-state index contributed by atoms with van der Waals surface area (Å²) in [6, 6.07) is 1.14. The van der Waals surface area contributed by atoms with E-state index >= 15 is 4.39 Å². The number of carboxylic acids is 1. The lowest BCUT2D eigenvalue weighted by atomic mass is 9.98. The summed E-state index contributed by atoms with van der Waals surface area (Å²) < 4.78 is 29.0. The maximum atomic E-state index is 15.6. The van der Waals surface area contributed by atoms with E-state index in [1.165, 1.54) is 13.3 Å². The summed E-state index contributed by atoms with van der Waals surface area (Å²) in [7, 11) is 5.40. The maximum Gasteiger partial charge on any atom is 0.341 e. The number of aromatic carboxylic acids is 1. The molecule has 1 saturated carbocycles. The number of ether oxygens (including phenoxy) is 1. The quantitative estimate of drug-likeness (QED) is 0.543. The molecule has 5 rings (SSSR count). The fourth-order valence-corrected chi connectivity index (χ4v) is 5.33. The number of benzene rings is 1. The lowest BCUT2D eigenvalue weighted by molar-refractivity contribution is 0.0694. The van der Waals surface area contributed by atoms with Gasteiger partial charge in [-0.3, -0.25) is 9.69 Å². The average Bonchev–Trinajstić information content (AvgIpc) is 3.40. The summed E-state index contributed by atoms with van der Waals surface area (Å²) in [6.45, 7) is 2.99. The number of halogens is 1. The molecule has 2 atom stereocenters. The molecule has 2 aliphatic rings. The highest BCUT2D eigenvalue weighted by Gasteiger charge is 2.38. The SMILES string of the molecule is COc1c(N2CCC(C(c3ncc(C)o3)N(C)C)C2)c(F)cc2c(=O)c(C(=O)O)cn(C3CC3)c12. The number of carboxylic acid groups (broad SMARTS) is 1. The van der Waals surface area contributed by atoms with Crippen LogP contribution in [0.2, 0.25) is 0 Å². The Kier molecular flexibility index (Phi) is 5.79. The van der Waals surface area contributed by atoms with Gasteiger partial charge in [-0.2, -0.15) is 0 Å². The van der Waals surface area contributed by atoms with Gasteiger partial charge in [0.05, 0.1) is 30.3 Å². The lowest BCUT2D eigenvalue weighted by Gasteiger charge is -2.28. The van der Waals surface area contributed by atoms with Gasteiger partial charge >= 0.3 is 5.97 Å². The number of oxazole rings is 1. The molecule has 186 valence electrons. The van der Waals surface area contributed by atoms with E-state index in [9.17, 15) is 14.7 Å². The fourth-order valence-electron chi connectivity index (χ4n) is 5.33. The smallest absolute Gasteiger partial charge is 0.341 e. The number of fused-ring (bicyclic) bond motifs is 1. The molecular weight excluding hydrogens is 455 g/mol. The predicted octanol–water partition coefficient (Wildman–Crippen LogP) is 3.61. The van der Waals surface area contributed by atoms with Crippen molar-refractivity contribution in [3.63, 3.8) is 0 Å². The molecule has 2 unspecified atom stereocenters. The van der Waals surface area contributed by atoms with E-state index in [2.05, 4.69) is 9.88 Å². The van der Waals surface area contributed by atoms with Gasteiger partial charge in [0.1, 0.15) is 17.0 Å².